The fourth-order valence-electron chi connectivity index (χ4n) is 3.56. The normalized spacial score (nSPS) is 13.8. The monoisotopic (exact) mass is 523 g/mol. The number of likely N-dealkylation sites (N-methyl/N-ethyl adjacent to an activating group) is 1. The van der Waals surface area contributed by atoms with Crippen molar-refractivity contribution in [3.8, 4) is 5.75 Å². The van der Waals surface area contributed by atoms with Gasteiger partial charge in [0.15, 0.2) is 0 Å². The SMILES string of the molecule is CNC(=O)[C@H](Cc1ccc(OC)cc1)NC(=O)C(CC(C)C)C(S)CC(=O)NCC(=O)OC(C)(C)C. The van der Waals surface area contributed by atoms with E-state index in [1.807, 2.05) is 26.0 Å². The number of amides is 3. The highest BCUT2D eigenvalue weighted by atomic mass is 32.1. The lowest BCUT2D eigenvalue weighted by Crippen LogP contribution is -2.50. The van der Waals surface area contributed by atoms with Crippen molar-refractivity contribution < 1.29 is 28.7 Å². The zero-order valence-corrected chi connectivity index (χ0v) is 23.2. The third-order valence-corrected chi connectivity index (χ3v) is 5.79. The zero-order chi connectivity index (χ0) is 27.5. The van der Waals surface area contributed by atoms with Crippen molar-refractivity contribution in [3.63, 3.8) is 0 Å². The third kappa shape index (κ3) is 11.8. The molecule has 0 aromatic heterocycles. The Morgan fingerprint density at radius 1 is 1.03 bits per heavy atom. The van der Waals surface area contributed by atoms with E-state index in [4.69, 9.17) is 9.47 Å². The van der Waals surface area contributed by atoms with E-state index in [0.717, 1.165) is 5.56 Å². The third-order valence-electron chi connectivity index (χ3n) is 5.25. The molecule has 202 valence electrons. The van der Waals surface area contributed by atoms with Crippen molar-refractivity contribution >= 4 is 36.3 Å². The van der Waals surface area contributed by atoms with E-state index in [2.05, 4.69) is 28.6 Å². The maximum Gasteiger partial charge on any atom is 0.325 e. The standard InChI is InChI=1S/C26H41N3O6S/c1-16(2)12-19(21(36)14-22(30)28-15-23(31)35-26(3,4)5)24(32)29-20(25(33)27-6)13-17-8-10-18(34-7)11-9-17/h8-11,16,19-21,36H,12-15H2,1-7H3,(H,27,33)(H,28,30)(H,29,32)/t19?,20-,21?/m0/s1. The van der Waals surface area contributed by atoms with E-state index < -0.39 is 34.7 Å². The molecule has 0 aliphatic carbocycles. The number of thiol groups is 1. The Bertz CT molecular complexity index is 883. The van der Waals surface area contributed by atoms with E-state index in [1.54, 1.807) is 40.0 Å². The first-order chi connectivity index (χ1) is 16.7. The van der Waals surface area contributed by atoms with E-state index in [0.29, 0.717) is 12.2 Å². The van der Waals surface area contributed by atoms with Gasteiger partial charge in [0.1, 0.15) is 23.9 Å². The van der Waals surface area contributed by atoms with Crippen molar-refractivity contribution in [2.24, 2.45) is 11.8 Å². The maximum atomic E-state index is 13.3. The lowest BCUT2D eigenvalue weighted by atomic mass is 9.90. The van der Waals surface area contributed by atoms with Crippen LogP contribution in [0.25, 0.3) is 0 Å². The van der Waals surface area contributed by atoms with Gasteiger partial charge in [0.05, 0.1) is 13.0 Å². The molecule has 3 amide bonds. The Labute approximate surface area is 219 Å². The van der Waals surface area contributed by atoms with Crippen LogP contribution in [0.15, 0.2) is 24.3 Å². The number of ether oxygens (including phenoxy) is 2. The highest BCUT2D eigenvalue weighted by Gasteiger charge is 2.31. The fraction of sp³-hybridized carbons (Fsp3) is 0.615. The molecule has 3 N–H and O–H groups in total. The Hall–Kier alpha value is -2.75. The lowest BCUT2D eigenvalue weighted by Gasteiger charge is -2.26. The molecule has 2 unspecified atom stereocenters. The minimum Gasteiger partial charge on any atom is -0.497 e. The van der Waals surface area contributed by atoms with Crippen LogP contribution in [0.5, 0.6) is 5.75 Å². The second-order valence-electron chi connectivity index (χ2n) is 10.1. The molecule has 0 aliphatic heterocycles. The molecular weight excluding hydrogens is 482 g/mol. The van der Waals surface area contributed by atoms with Crippen molar-refractivity contribution in [1.29, 1.82) is 0 Å². The van der Waals surface area contributed by atoms with Crippen LogP contribution in [0.1, 0.15) is 53.0 Å². The molecule has 3 atom stereocenters. The van der Waals surface area contributed by atoms with E-state index in [9.17, 15) is 19.2 Å². The molecule has 1 aromatic rings. The first-order valence-corrected chi connectivity index (χ1v) is 12.6. The number of rotatable bonds is 13. The van der Waals surface area contributed by atoms with Crippen LogP contribution in [0.4, 0.5) is 0 Å². The summed E-state index contributed by atoms with van der Waals surface area (Å²) < 4.78 is 10.4. The smallest absolute Gasteiger partial charge is 0.325 e. The zero-order valence-electron chi connectivity index (χ0n) is 22.3. The van der Waals surface area contributed by atoms with Gasteiger partial charge in [-0.3, -0.25) is 19.2 Å². The predicted molar refractivity (Wildman–Crippen MR) is 142 cm³/mol. The van der Waals surface area contributed by atoms with Crippen LogP contribution in [-0.2, 0) is 30.3 Å². The van der Waals surface area contributed by atoms with Crippen LogP contribution in [0.3, 0.4) is 0 Å². The number of esters is 1. The molecule has 1 aromatic carbocycles. The number of hydrogen-bond donors (Lipinski definition) is 4. The van der Waals surface area contributed by atoms with Crippen molar-refractivity contribution in [1.82, 2.24) is 16.0 Å². The van der Waals surface area contributed by atoms with Crippen molar-refractivity contribution in [2.75, 3.05) is 20.7 Å². The molecule has 0 fully saturated rings. The number of carbonyl (C=O) groups is 4. The van der Waals surface area contributed by atoms with Gasteiger partial charge in [-0.2, -0.15) is 12.6 Å². The number of carbonyl (C=O) groups excluding carboxylic acids is 4. The summed E-state index contributed by atoms with van der Waals surface area (Å²) >= 11 is 4.56. The maximum absolute atomic E-state index is 13.3. The molecule has 9 nitrogen and oxygen atoms in total. The summed E-state index contributed by atoms with van der Waals surface area (Å²) in [6, 6.07) is 6.46. The summed E-state index contributed by atoms with van der Waals surface area (Å²) in [5.41, 5.74) is 0.204. The second-order valence-corrected chi connectivity index (χ2v) is 10.8. The summed E-state index contributed by atoms with van der Waals surface area (Å²) in [5, 5.41) is 7.35. The van der Waals surface area contributed by atoms with Crippen molar-refractivity contribution in [2.45, 2.75) is 70.8 Å². The van der Waals surface area contributed by atoms with Crippen LogP contribution in [0.2, 0.25) is 0 Å². The van der Waals surface area contributed by atoms with Gasteiger partial charge >= 0.3 is 5.97 Å². The summed E-state index contributed by atoms with van der Waals surface area (Å²) in [5.74, 6) is -1.42. The average Bonchev–Trinajstić information content (AvgIpc) is 2.79. The fourth-order valence-corrected chi connectivity index (χ4v) is 3.98. The number of hydrogen-bond acceptors (Lipinski definition) is 7. The Morgan fingerprint density at radius 3 is 2.14 bits per heavy atom. The molecule has 0 heterocycles. The number of nitrogens with one attached hydrogen (secondary N) is 3. The minimum atomic E-state index is -0.799. The van der Waals surface area contributed by atoms with E-state index in [1.165, 1.54) is 7.05 Å². The van der Waals surface area contributed by atoms with Crippen LogP contribution in [0, 0.1) is 11.8 Å². The molecule has 0 radical (unpaired) electrons. The largest absolute Gasteiger partial charge is 0.497 e. The molecule has 36 heavy (non-hydrogen) atoms. The van der Waals surface area contributed by atoms with Gasteiger partial charge in [0, 0.05) is 25.1 Å². The molecule has 10 heteroatoms. The summed E-state index contributed by atoms with van der Waals surface area (Å²) in [6.07, 6.45) is 0.694. The predicted octanol–water partition coefficient (Wildman–Crippen LogP) is 2.28. The van der Waals surface area contributed by atoms with Gasteiger partial charge in [-0.1, -0.05) is 26.0 Å². The second kappa shape index (κ2) is 14.7. The van der Waals surface area contributed by atoms with Gasteiger partial charge in [0.2, 0.25) is 17.7 Å². The quantitative estimate of drug-likeness (QED) is 0.232. The first-order valence-electron chi connectivity index (χ1n) is 12.1. The molecule has 1 rings (SSSR count). The lowest BCUT2D eigenvalue weighted by molar-refractivity contribution is -0.154. The molecule has 0 saturated carbocycles. The highest BCUT2D eigenvalue weighted by molar-refractivity contribution is 7.81. The van der Waals surface area contributed by atoms with E-state index >= 15 is 0 Å². The molecule has 0 bridgehead atoms. The topological polar surface area (TPSA) is 123 Å². The Kier molecular flexibility index (Phi) is 12.8. The summed E-state index contributed by atoms with van der Waals surface area (Å²) in [6.45, 7) is 8.90. The number of methoxy groups -OCH3 is 1. The van der Waals surface area contributed by atoms with Gasteiger partial charge in [-0.05, 0) is 50.8 Å². The van der Waals surface area contributed by atoms with Crippen LogP contribution < -0.4 is 20.7 Å². The van der Waals surface area contributed by atoms with Crippen LogP contribution in [-0.4, -0.2) is 61.3 Å². The van der Waals surface area contributed by atoms with Gasteiger partial charge in [-0.15, -0.1) is 0 Å². The Balaban J connectivity index is 2.86. The summed E-state index contributed by atoms with van der Waals surface area (Å²) in [4.78, 5) is 50.1. The first kappa shape index (κ1) is 31.3. The highest BCUT2D eigenvalue weighted by Crippen LogP contribution is 2.23. The molecular formula is C26H41N3O6S. The van der Waals surface area contributed by atoms with Crippen molar-refractivity contribution in [3.05, 3.63) is 29.8 Å². The van der Waals surface area contributed by atoms with Crippen LogP contribution >= 0.6 is 12.6 Å². The van der Waals surface area contributed by atoms with Gasteiger partial charge < -0.3 is 25.4 Å². The molecule has 0 saturated heterocycles. The number of benzene rings is 1. The average molecular weight is 524 g/mol. The van der Waals surface area contributed by atoms with Gasteiger partial charge in [0.25, 0.3) is 0 Å². The molecule has 0 aliphatic rings. The van der Waals surface area contributed by atoms with E-state index in [-0.39, 0.29) is 37.1 Å². The van der Waals surface area contributed by atoms with Gasteiger partial charge in [-0.25, -0.2) is 0 Å². The minimum absolute atomic E-state index is 0.0696. The molecule has 0 spiro atoms. The Morgan fingerprint density at radius 2 is 1.64 bits per heavy atom. The summed E-state index contributed by atoms with van der Waals surface area (Å²) in [7, 11) is 3.08.